The Balaban J connectivity index is 1.85. The quantitative estimate of drug-likeness (QED) is 0.336. The molecule has 1 unspecified atom stereocenters. The zero-order chi connectivity index (χ0) is 25.5. The molecule has 9 heteroatoms. The Morgan fingerprint density at radius 2 is 1.74 bits per heavy atom. The maximum atomic E-state index is 13.5. The van der Waals surface area contributed by atoms with E-state index in [9.17, 15) is 22.8 Å². The summed E-state index contributed by atoms with van der Waals surface area (Å²) in [5.41, 5.74) is 0.507. The minimum Gasteiger partial charge on any atom is -0.332 e. The van der Waals surface area contributed by atoms with Gasteiger partial charge in [0.1, 0.15) is 5.82 Å². The average molecular weight is 500 g/mol. The monoisotopic (exact) mass is 499 g/mol. The molecule has 35 heavy (non-hydrogen) atoms. The van der Waals surface area contributed by atoms with Gasteiger partial charge in [-0.3, -0.25) is 14.2 Å². The fourth-order valence-electron chi connectivity index (χ4n) is 3.78. The molecule has 4 aromatic rings. The van der Waals surface area contributed by atoms with E-state index in [0.717, 1.165) is 17.7 Å². The summed E-state index contributed by atoms with van der Waals surface area (Å²) in [6.07, 6.45) is -4.58. The number of rotatable bonds is 4. The molecule has 0 aliphatic carbocycles. The van der Waals surface area contributed by atoms with E-state index < -0.39 is 23.7 Å². The number of benzene rings is 3. The van der Waals surface area contributed by atoms with Gasteiger partial charge < -0.3 is 4.90 Å². The van der Waals surface area contributed by atoms with Crippen molar-refractivity contribution in [2.45, 2.75) is 26.1 Å². The third-order valence-electron chi connectivity index (χ3n) is 5.86. The second-order valence-corrected chi connectivity index (χ2v) is 8.71. The highest BCUT2D eigenvalue weighted by molar-refractivity contribution is 6.31. The summed E-state index contributed by atoms with van der Waals surface area (Å²) >= 11 is 6.12. The lowest BCUT2D eigenvalue weighted by atomic mass is 10.1. The number of carbonyl (C=O) groups is 1. The van der Waals surface area contributed by atoms with Crippen LogP contribution in [0.3, 0.4) is 0 Å². The number of halogens is 4. The lowest BCUT2D eigenvalue weighted by Gasteiger charge is -2.27. The Morgan fingerprint density at radius 3 is 2.40 bits per heavy atom. The maximum Gasteiger partial charge on any atom is 0.416 e. The molecule has 3 aromatic carbocycles. The maximum absolute atomic E-state index is 13.5. The molecule has 180 valence electrons. The Hall–Kier alpha value is -3.65. The van der Waals surface area contributed by atoms with E-state index in [-0.39, 0.29) is 16.9 Å². The minimum absolute atomic E-state index is 0.123. The van der Waals surface area contributed by atoms with E-state index in [1.807, 2.05) is 19.1 Å². The van der Waals surface area contributed by atoms with Crippen LogP contribution in [0, 0.1) is 6.92 Å². The Morgan fingerprint density at radius 1 is 1.06 bits per heavy atom. The van der Waals surface area contributed by atoms with Gasteiger partial charge in [-0.05, 0) is 62.4 Å². The van der Waals surface area contributed by atoms with Gasteiger partial charge in [-0.1, -0.05) is 35.4 Å². The lowest BCUT2D eigenvalue weighted by molar-refractivity contribution is -0.137. The molecule has 1 atom stereocenters. The Bertz CT molecular complexity index is 1480. The van der Waals surface area contributed by atoms with Gasteiger partial charge in [0.15, 0.2) is 0 Å². The molecule has 4 rings (SSSR count). The van der Waals surface area contributed by atoms with Gasteiger partial charge in [0.25, 0.3) is 11.5 Å². The normalized spacial score (nSPS) is 12.5. The van der Waals surface area contributed by atoms with Gasteiger partial charge >= 0.3 is 6.18 Å². The van der Waals surface area contributed by atoms with E-state index in [0.29, 0.717) is 21.6 Å². The predicted molar refractivity (Wildman–Crippen MR) is 129 cm³/mol. The standard InChI is InChI=1S/C26H21ClF3N3O2/c1-15-7-10-20(11-8-15)33-23(31-22-14-19(27)9-12-21(22)25(33)35)16(2)32(3)24(34)17-5-4-6-18(13-17)26(28,29)30/h4-14,16H,1-3H3. The van der Waals surface area contributed by atoms with Crippen molar-refractivity contribution in [2.75, 3.05) is 7.05 Å². The number of carbonyl (C=O) groups excluding carboxylic acids is 1. The first kappa shape index (κ1) is 24.5. The van der Waals surface area contributed by atoms with Gasteiger partial charge in [-0.2, -0.15) is 13.2 Å². The smallest absolute Gasteiger partial charge is 0.332 e. The van der Waals surface area contributed by atoms with Crippen molar-refractivity contribution in [1.29, 1.82) is 0 Å². The SMILES string of the molecule is Cc1ccc(-n2c(C(C)N(C)C(=O)c3cccc(C(F)(F)F)c3)nc3cc(Cl)ccc3c2=O)cc1. The molecule has 0 saturated heterocycles. The van der Waals surface area contributed by atoms with Crippen molar-refractivity contribution in [2.24, 2.45) is 0 Å². The summed E-state index contributed by atoms with van der Waals surface area (Å²) in [6, 6.07) is 15.4. The fourth-order valence-corrected chi connectivity index (χ4v) is 3.95. The second kappa shape index (κ2) is 9.19. The molecule has 0 saturated carbocycles. The van der Waals surface area contributed by atoms with Crippen molar-refractivity contribution >= 4 is 28.4 Å². The summed E-state index contributed by atoms with van der Waals surface area (Å²) < 4.78 is 40.9. The predicted octanol–water partition coefficient (Wildman–Crippen LogP) is 6.20. The van der Waals surface area contributed by atoms with Crippen LogP contribution in [0.1, 0.15) is 40.3 Å². The van der Waals surface area contributed by atoms with Crippen LogP contribution in [0.25, 0.3) is 16.6 Å². The number of aryl methyl sites for hydroxylation is 1. The van der Waals surface area contributed by atoms with Crippen LogP contribution in [0.15, 0.2) is 71.5 Å². The van der Waals surface area contributed by atoms with Crippen LogP contribution < -0.4 is 5.56 Å². The highest BCUT2D eigenvalue weighted by Crippen LogP contribution is 2.30. The van der Waals surface area contributed by atoms with Crippen molar-refractivity contribution in [3.63, 3.8) is 0 Å². The zero-order valence-corrected chi connectivity index (χ0v) is 19.9. The highest BCUT2D eigenvalue weighted by atomic mass is 35.5. The van der Waals surface area contributed by atoms with Crippen molar-refractivity contribution < 1.29 is 18.0 Å². The lowest BCUT2D eigenvalue weighted by Crippen LogP contribution is -2.35. The minimum atomic E-state index is -4.58. The van der Waals surface area contributed by atoms with Gasteiger partial charge in [0.05, 0.1) is 28.2 Å². The van der Waals surface area contributed by atoms with Gasteiger partial charge in [-0.15, -0.1) is 0 Å². The summed E-state index contributed by atoms with van der Waals surface area (Å²) in [5, 5.41) is 0.738. The molecular formula is C26H21ClF3N3O2. The second-order valence-electron chi connectivity index (χ2n) is 8.28. The number of fused-ring (bicyclic) bond motifs is 1. The molecule has 0 radical (unpaired) electrons. The van der Waals surface area contributed by atoms with Crippen molar-refractivity contribution in [3.05, 3.63) is 105 Å². The molecule has 1 aromatic heterocycles. The third kappa shape index (κ3) is 4.79. The Labute approximate surface area is 204 Å². The first-order chi connectivity index (χ1) is 16.5. The molecule has 0 aliphatic rings. The molecule has 0 fully saturated rings. The summed E-state index contributed by atoms with van der Waals surface area (Å²) in [4.78, 5) is 32.6. The first-order valence-corrected chi connectivity index (χ1v) is 11.1. The molecule has 0 spiro atoms. The zero-order valence-electron chi connectivity index (χ0n) is 19.1. The van der Waals surface area contributed by atoms with Crippen LogP contribution in [-0.2, 0) is 6.18 Å². The van der Waals surface area contributed by atoms with E-state index in [1.54, 1.807) is 37.3 Å². The van der Waals surface area contributed by atoms with E-state index in [2.05, 4.69) is 4.98 Å². The van der Waals surface area contributed by atoms with Crippen LogP contribution in [0.5, 0.6) is 0 Å². The summed E-state index contributed by atoms with van der Waals surface area (Å²) in [5.74, 6) is -0.393. The van der Waals surface area contributed by atoms with E-state index in [1.165, 1.54) is 28.6 Å². The van der Waals surface area contributed by atoms with Crippen LogP contribution in [-0.4, -0.2) is 27.4 Å². The highest BCUT2D eigenvalue weighted by Gasteiger charge is 2.32. The number of alkyl halides is 3. The molecule has 0 bridgehead atoms. The van der Waals surface area contributed by atoms with Crippen molar-refractivity contribution in [3.8, 4) is 5.69 Å². The molecule has 0 aliphatic heterocycles. The van der Waals surface area contributed by atoms with Gasteiger partial charge in [-0.25, -0.2) is 4.98 Å². The van der Waals surface area contributed by atoms with Crippen molar-refractivity contribution in [1.82, 2.24) is 14.5 Å². The van der Waals surface area contributed by atoms with Crippen LogP contribution in [0.2, 0.25) is 5.02 Å². The largest absolute Gasteiger partial charge is 0.416 e. The molecule has 1 amide bonds. The molecule has 0 N–H and O–H groups in total. The average Bonchev–Trinajstić information content (AvgIpc) is 2.82. The van der Waals surface area contributed by atoms with Crippen LogP contribution >= 0.6 is 11.6 Å². The first-order valence-electron chi connectivity index (χ1n) is 10.7. The van der Waals surface area contributed by atoms with Gasteiger partial charge in [0.2, 0.25) is 0 Å². The van der Waals surface area contributed by atoms with E-state index >= 15 is 0 Å². The van der Waals surface area contributed by atoms with Crippen LogP contribution in [0.4, 0.5) is 13.2 Å². The number of nitrogens with zero attached hydrogens (tertiary/aromatic N) is 3. The molecule has 1 heterocycles. The summed E-state index contributed by atoms with van der Waals surface area (Å²) in [6.45, 7) is 3.58. The molecule has 5 nitrogen and oxygen atoms in total. The van der Waals surface area contributed by atoms with Gasteiger partial charge in [0, 0.05) is 17.6 Å². The van der Waals surface area contributed by atoms with E-state index in [4.69, 9.17) is 11.6 Å². The Kier molecular flexibility index (Phi) is 6.42. The topological polar surface area (TPSA) is 55.2 Å². The fraction of sp³-hybridized carbons (Fsp3) is 0.192. The summed E-state index contributed by atoms with van der Waals surface area (Å²) in [7, 11) is 1.46. The third-order valence-corrected chi connectivity index (χ3v) is 6.10. The molecular weight excluding hydrogens is 479 g/mol. The number of hydrogen-bond donors (Lipinski definition) is 0. The number of amides is 1. The number of aromatic nitrogens is 2. The number of hydrogen-bond acceptors (Lipinski definition) is 3.